The molecule has 0 aliphatic heterocycles. The minimum Gasteiger partial charge on any atom is -0.480 e. The van der Waals surface area contributed by atoms with E-state index in [1.807, 2.05) is 0 Å². The number of nitrogens with zero attached hydrogens (tertiary/aromatic N) is 1. The molecule has 110 valence electrons. The minimum absolute atomic E-state index is 0.115. The minimum atomic E-state index is -4.14. The Kier molecular flexibility index (Phi) is 4.46. The Labute approximate surface area is 124 Å². The molecule has 0 radical (unpaired) electrons. The van der Waals surface area contributed by atoms with E-state index in [4.69, 9.17) is 5.11 Å². The van der Waals surface area contributed by atoms with Gasteiger partial charge in [0.1, 0.15) is 17.3 Å². The second-order valence-electron chi connectivity index (χ2n) is 4.71. The Hall–Kier alpha value is -0.990. The van der Waals surface area contributed by atoms with Crippen LogP contribution in [-0.4, -0.2) is 36.9 Å². The van der Waals surface area contributed by atoms with Crippen molar-refractivity contribution >= 4 is 31.9 Å². The number of carboxylic acid groups (broad SMARTS) is 1. The van der Waals surface area contributed by atoms with E-state index >= 15 is 0 Å². The maximum atomic E-state index is 13.8. The summed E-state index contributed by atoms with van der Waals surface area (Å²) in [5, 5.41) is 8.83. The van der Waals surface area contributed by atoms with E-state index in [2.05, 4.69) is 15.9 Å². The normalized spacial score (nSPS) is 15.6. The molecule has 2 rings (SSSR count). The molecule has 5 nitrogen and oxygen atoms in total. The zero-order valence-electron chi connectivity index (χ0n) is 10.4. The first-order valence-electron chi connectivity index (χ1n) is 5.97. The van der Waals surface area contributed by atoms with Crippen LogP contribution >= 0.6 is 15.9 Å². The van der Waals surface area contributed by atoms with Crippen molar-refractivity contribution in [1.82, 2.24) is 4.31 Å². The Bertz CT molecular complexity index is 630. The molecule has 8 heteroatoms. The van der Waals surface area contributed by atoms with Crippen LogP contribution in [0.25, 0.3) is 0 Å². The smallest absolute Gasteiger partial charge is 0.318 e. The first kappa shape index (κ1) is 15.4. The third-order valence-corrected chi connectivity index (χ3v) is 5.32. The van der Waals surface area contributed by atoms with E-state index in [-0.39, 0.29) is 12.5 Å². The van der Waals surface area contributed by atoms with Crippen molar-refractivity contribution in [3.8, 4) is 0 Å². The van der Waals surface area contributed by atoms with Gasteiger partial charge < -0.3 is 5.11 Å². The maximum absolute atomic E-state index is 13.8. The van der Waals surface area contributed by atoms with E-state index in [1.165, 1.54) is 6.07 Å². The summed E-state index contributed by atoms with van der Waals surface area (Å²) in [6.07, 6.45) is 1.74. The van der Waals surface area contributed by atoms with Crippen LogP contribution in [0.1, 0.15) is 12.8 Å². The van der Waals surface area contributed by atoms with Crippen molar-refractivity contribution in [2.75, 3.05) is 13.1 Å². The van der Waals surface area contributed by atoms with Crippen LogP contribution in [0.3, 0.4) is 0 Å². The second-order valence-corrected chi connectivity index (χ2v) is 7.53. The summed E-state index contributed by atoms with van der Waals surface area (Å²) >= 11 is 3.05. The molecule has 1 aromatic rings. The Morgan fingerprint density at radius 1 is 1.45 bits per heavy atom. The molecule has 0 atom stereocenters. The fourth-order valence-corrected chi connectivity index (χ4v) is 3.65. The predicted molar refractivity (Wildman–Crippen MR) is 73.2 cm³/mol. The van der Waals surface area contributed by atoms with Crippen LogP contribution in [0, 0.1) is 11.7 Å². The summed E-state index contributed by atoms with van der Waals surface area (Å²) in [7, 11) is -4.14. The van der Waals surface area contributed by atoms with Gasteiger partial charge >= 0.3 is 5.97 Å². The molecule has 0 heterocycles. The summed E-state index contributed by atoms with van der Waals surface area (Å²) < 4.78 is 39.8. The number of hydrogen-bond acceptors (Lipinski definition) is 3. The third kappa shape index (κ3) is 3.56. The van der Waals surface area contributed by atoms with Gasteiger partial charge in [-0.3, -0.25) is 4.79 Å². The van der Waals surface area contributed by atoms with Crippen molar-refractivity contribution in [3.63, 3.8) is 0 Å². The zero-order chi connectivity index (χ0) is 14.9. The lowest BCUT2D eigenvalue weighted by Crippen LogP contribution is -2.37. The van der Waals surface area contributed by atoms with E-state index in [1.54, 1.807) is 0 Å². The molecule has 20 heavy (non-hydrogen) atoms. The first-order valence-corrected chi connectivity index (χ1v) is 8.21. The zero-order valence-corrected chi connectivity index (χ0v) is 12.8. The summed E-state index contributed by atoms with van der Waals surface area (Å²) in [5.74, 6) is -1.99. The SMILES string of the molecule is O=C(O)CN(CC1CC1)S(=O)(=O)c1ccc(Br)cc1F. The monoisotopic (exact) mass is 365 g/mol. The van der Waals surface area contributed by atoms with Crippen LogP contribution in [0.2, 0.25) is 0 Å². The first-order chi connectivity index (χ1) is 9.30. The molecular weight excluding hydrogens is 353 g/mol. The third-order valence-electron chi connectivity index (χ3n) is 2.98. The average Bonchev–Trinajstić information content (AvgIpc) is 3.10. The quantitative estimate of drug-likeness (QED) is 0.837. The standard InChI is InChI=1S/C12H13BrFNO4S/c13-9-3-4-11(10(14)5-9)20(18,19)15(7-12(16)17)6-8-1-2-8/h3-5,8H,1-2,6-7H2,(H,16,17). The number of aliphatic carboxylic acids is 1. The number of hydrogen-bond donors (Lipinski definition) is 1. The van der Waals surface area contributed by atoms with E-state index in [0.717, 1.165) is 29.3 Å². The molecule has 1 saturated carbocycles. The van der Waals surface area contributed by atoms with Crippen molar-refractivity contribution < 1.29 is 22.7 Å². The Morgan fingerprint density at radius 3 is 2.60 bits per heavy atom. The summed E-state index contributed by atoms with van der Waals surface area (Å²) in [5.41, 5.74) is 0. The van der Waals surface area contributed by atoms with Crippen LogP contribution in [0.4, 0.5) is 4.39 Å². The molecule has 0 bridgehead atoms. The molecular formula is C12H13BrFNO4S. The van der Waals surface area contributed by atoms with E-state index < -0.39 is 33.3 Å². The Morgan fingerprint density at radius 2 is 2.10 bits per heavy atom. The van der Waals surface area contributed by atoms with Crippen molar-refractivity contribution in [2.24, 2.45) is 5.92 Å². The number of carboxylic acids is 1. The van der Waals surface area contributed by atoms with Gasteiger partial charge in [-0.1, -0.05) is 15.9 Å². The molecule has 0 spiro atoms. The predicted octanol–water partition coefficient (Wildman–Crippen LogP) is 2.07. The molecule has 0 unspecified atom stereocenters. The summed E-state index contributed by atoms with van der Waals surface area (Å²) in [4.78, 5) is 10.3. The van der Waals surface area contributed by atoms with Gasteiger partial charge in [-0.15, -0.1) is 0 Å². The number of halogens is 2. The van der Waals surface area contributed by atoms with Crippen LogP contribution < -0.4 is 0 Å². The fourth-order valence-electron chi connectivity index (χ4n) is 1.81. The van der Waals surface area contributed by atoms with Crippen LogP contribution in [-0.2, 0) is 14.8 Å². The summed E-state index contributed by atoms with van der Waals surface area (Å²) in [6.45, 7) is -0.543. The van der Waals surface area contributed by atoms with Crippen LogP contribution in [0.15, 0.2) is 27.6 Å². The van der Waals surface area contributed by atoms with Crippen molar-refractivity contribution in [3.05, 3.63) is 28.5 Å². The number of carbonyl (C=O) groups is 1. The van der Waals surface area contributed by atoms with Gasteiger partial charge in [-0.25, -0.2) is 12.8 Å². The van der Waals surface area contributed by atoms with Gasteiger partial charge in [0.2, 0.25) is 10.0 Å². The molecule has 1 N–H and O–H groups in total. The number of sulfonamides is 1. The van der Waals surface area contributed by atoms with Crippen LogP contribution in [0.5, 0.6) is 0 Å². The lowest BCUT2D eigenvalue weighted by molar-refractivity contribution is -0.137. The lowest BCUT2D eigenvalue weighted by atomic mass is 10.3. The highest BCUT2D eigenvalue weighted by atomic mass is 79.9. The highest BCUT2D eigenvalue weighted by Gasteiger charge is 2.34. The van der Waals surface area contributed by atoms with Crippen molar-refractivity contribution in [1.29, 1.82) is 0 Å². The Balaban J connectivity index is 2.35. The topological polar surface area (TPSA) is 74.7 Å². The molecule has 1 aromatic carbocycles. The molecule has 0 amide bonds. The molecule has 1 fully saturated rings. The second kappa shape index (κ2) is 5.79. The number of benzene rings is 1. The summed E-state index contributed by atoms with van der Waals surface area (Å²) in [6, 6.07) is 3.59. The van der Waals surface area contributed by atoms with Crippen molar-refractivity contribution in [2.45, 2.75) is 17.7 Å². The largest absolute Gasteiger partial charge is 0.480 e. The number of rotatable bonds is 6. The van der Waals surface area contributed by atoms with E-state index in [9.17, 15) is 17.6 Å². The lowest BCUT2D eigenvalue weighted by Gasteiger charge is -2.20. The highest BCUT2D eigenvalue weighted by Crippen LogP contribution is 2.32. The van der Waals surface area contributed by atoms with Gasteiger partial charge in [0, 0.05) is 11.0 Å². The highest BCUT2D eigenvalue weighted by molar-refractivity contribution is 9.10. The molecule has 0 saturated heterocycles. The fraction of sp³-hybridized carbons (Fsp3) is 0.417. The van der Waals surface area contributed by atoms with Gasteiger partial charge in [-0.05, 0) is 37.0 Å². The van der Waals surface area contributed by atoms with Gasteiger partial charge in [0.15, 0.2) is 0 Å². The molecule has 1 aliphatic rings. The molecule has 1 aliphatic carbocycles. The van der Waals surface area contributed by atoms with Gasteiger partial charge in [0.25, 0.3) is 0 Å². The average molecular weight is 366 g/mol. The van der Waals surface area contributed by atoms with Gasteiger partial charge in [-0.2, -0.15) is 4.31 Å². The maximum Gasteiger partial charge on any atom is 0.318 e. The van der Waals surface area contributed by atoms with E-state index in [0.29, 0.717) is 4.47 Å². The molecule has 0 aromatic heterocycles. The van der Waals surface area contributed by atoms with Gasteiger partial charge in [0.05, 0.1) is 0 Å².